The Morgan fingerprint density at radius 3 is 2.53 bits per heavy atom. The number of nitrogens with one attached hydrogen (secondary N) is 2. The van der Waals surface area contributed by atoms with E-state index in [2.05, 4.69) is 26.6 Å². The second kappa shape index (κ2) is 10.0. The summed E-state index contributed by atoms with van der Waals surface area (Å²) in [5.74, 6) is -0.620. The first-order valence-corrected chi connectivity index (χ1v) is 11.9. The van der Waals surface area contributed by atoms with Crippen LogP contribution >= 0.6 is 11.3 Å². The van der Waals surface area contributed by atoms with Gasteiger partial charge in [-0.2, -0.15) is 5.26 Å². The summed E-state index contributed by atoms with van der Waals surface area (Å²) in [5.41, 5.74) is 8.71. The molecule has 1 aliphatic rings. The zero-order valence-corrected chi connectivity index (χ0v) is 19.7. The predicted molar refractivity (Wildman–Crippen MR) is 134 cm³/mol. The van der Waals surface area contributed by atoms with Crippen LogP contribution in [0.3, 0.4) is 0 Å². The molecule has 4 N–H and O–H groups in total. The van der Waals surface area contributed by atoms with Gasteiger partial charge in [-0.1, -0.05) is 36.4 Å². The first-order chi connectivity index (χ1) is 16.5. The molecule has 2 aromatic carbocycles. The van der Waals surface area contributed by atoms with Crippen LogP contribution < -0.4 is 21.3 Å². The normalized spacial score (nSPS) is 14.9. The fourth-order valence-electron chi connectivity index (χ4n) is 4.16. The van der Waals surface area contributed by atoms with Gasteiger partial charge >= 0.3 is 0 Å². The van der Waals surface area contributed by atoms with Gasteiger partial charge in [0.1, 0.15) is 16.2 Å². The Morgan fingerprint density at radius 1 is 1.18 bits per heavy atom. The molecule has 0 atom stereocenters. The number of carbonyl (C=O) groups is 2. The van der Waals surface area contributed by atoms with Crippen molar-refractivity contribution in [2.45, 2.75) is 24.8 Å². The molecule has 0 bridgehead atoms. The van der Waals surface area contributed by atoms with Gasteiger partial charge in [-0.15, -0.1) is 11.3 Å². The summed E-state index contributed by atoms with van der Waals surface area (Å²) in [5, 5.41) is 17.4. The van der Waals surface area contributed by atoms with Crippen molar-refractivity contribution in [2.24, 2.45) is 5.73 Å². The third kappa shape index (κ3) is 4.78. The number of rotatable bonds is 7. The van der Waals surface area contributed by atoms with Crippen molar-refractivity contribution in [1.29, 1.82) is 5.26 Å². The van der Waals surface area contributed by atoms with E-state index < -0.39 is 5.54 Å². The SMILES string of the molecule is CNC1(C(N)=O)CCN(c2ccccc2NC(=O)c2csc(-c3ccc(CC#N)cc3)n2)CC1. The first-order valence-electron chi connectivity index (χ1n) is 11.0. The number of amides is 2. The fraction of sp³-hybridized carbons (Fsp3) is 0.280. The van der Waals surface area contributed by atoms with Crippen LogP contribution in [0.15, 0.2) is 53.9 Å². The summed E-state index contributed by atoms with van der Waals surface area (Å²) in [7, 11) is 1.76. The lowest BCUT2D eigenvalue weighted by molar-refractivity contribution is -0.125. The number of nitrogens with two attached hydrogens (primary N) is 1. The van der Waals surface area contributed by atoms with E-state index in [1.165, 1.54) is 11.3 Å². The van der Waals surface area contributed by atoms with Gasteiger partial charge in [-0.3, -0.25) is 9.59 Å². The van der Waals surface area contributed by atoms with E-state index in [1.54, 1.807) is 12.4 Å². The lowest BCUT2D eigenvalue weighted by Crippen LogP contribution is -2.59. The molecule has 9 heteroatoms. The molecule has 2 amide bonds. The second-order valence-electron chi connectivity index (χ2n) is 8.22. The fourth-order valence-corrected chi connectivity index (χ4v) is 4.96. The maximum atomic E-state index is 13.0. The van der Waals surface area contributed by atoms with E-state index >= 15 is 0 Å². The smallest absolute Gasteiger partial charge is 0.275 e. The number of thiazole rings is 1. The number of para-hydroxylation sites is 2. The minimum atomic E-state index is -0.696. The molecule has 34 heavy (non-hydrogen) atoms. The highest BCUT2D eigenvalue weighted by atomic mass is 32.1. The van der Waals surface area contributed by atoms with Crippen molar-refractivity contribution < 1.29 is 9.59 Å². The third-order valence-electron chi connectivity index (χ3n) is 6.28. The van der Waals surface area contributed by atoms with Crippen LogP contribution in [0.2, 0.25) is 0 Å². The van der Waals surface area contributed by atoms with E-state index in [9.17, 15) is 9.59 Å². The molecule has 0 aliphatic carbocycles. The number of piperidine rings is 1. The minimum Gasteiger partial charge on any atom is -0.370 e. The highest BCUT2D eigenvalue weighted by Crippen LogP contribution is 2.32. The predicted octanol–water partition coefficient (Wildman–Crippen LogP) is 3.17. The quantitative estimate of drug-likeness (QED) is 0.483. The van der Waals surface area contributed by atoms with Crippen molar-refractivity contribution in [3.8, 4) is 16.6 Å². The number of hydrogen-bond donors (Lipinski definition) is 3. The molecule has 1 saturated heterocycles. The Hall–Kier alpha value is -3.74. The Balaban J connectivity index is 1.47. The summed E-state index contributed by atoms with van der Waals surface area (Å²) >= 11 is 1.40. The van der Waals surface area contributed by atoms with Gasteiger partial charge < -0.3 is 21.3 Å². The van der Waals surface area contributed by atoms with Crippen molar-refractivity contribution >= 4 is 34.5 Å². The van der Waals surface area contributed by atoms with Gasteiger partial charge in [0.25, 0.3) is 5.91 Å². The number of benzene rings is 2. The maximum absolute atomic E-state index is 13.0. The molecule has 0 saturated carbocycles. The molecule has 8 nitrogen and oxygen atoms in total. The average Bonchev–Trinajstić information content (AvgIpc) is 3.36. The first kappa shape index (κ1) is 23.4. The number of anilines is 2. The monoisotopic (exact) mass is 474 g/mol. The van der Waals surface area contributed by atoms with E-state index in [0.717, 1.165) is 21.8 Å². The topological polar surface area (TPSA) is 124 Å². The minimum absolute atomic E-state index is 0.283. The average molecular weight is 475 g/mol. The van der Waals surface area contributed by atoms with Crippen molar-refractivity contribution in [3.05, 3.63) is 65.2 Å². The maximum Gasteiger partial charge on any atom is 0.275 e. The molecule has 1 aromatic heterocycles. The standard InChI is InChI=1S/C25H26N6O2S/c1-28-25(24(27)33)11-14-31(15-12-25)21-5-3-2-4-19(21)29-22(32)20-16-34-23(30-20)18-8-6-17(7-9-18)10-13-26/h2-9,16,28H,10-12,14-15H2,1H3,(H2,27,33)(H,29,32). The Labute approximate surface area is 202 Å². The zero-order valence-electron chi connectivity index (χ0n) is 18.9. The van der Waals surface area contributed by atoms with Crippen LogP contribution in [-0.4, -0.2) is 42.5 Å². The van der Waals surface area contributed by atoms with E-state index in [-0.39, 0.29) is 11.8 Å². The number of carbonyl (C=O) groups excluding carboxylic acids is 2. The number of nitrogens with zero attached hydrogens (tertiary/aromatic N) is 3. The number of nitriles is 1. The Morgan fingerprint density at radius 2 is 1.88 bits per heavy atom. The second-order valence-corrected chi connectivity index (χ2v) is 9.08. The Bertz CT molecular complexity index is 1220. The largest absolute Gasteiger partial charge is 0.370 e. The molecule has 174 valence electrons. The summed E-state index contributed by atoms with van der Waals surface area (Å²) < 4.78 is 0. The van der Waals surface area contributed by atoms with Crippen molar-refractivity contribution in [1.82, 2.24) is 10.3 Å². The number of likely N-dealkylation sites (N-methyl/N-ethyl adjacent to an activating group) is 1. The van der Waals surface area contributed by atoms with Gasteiger partial charge in [0.15, 0.2) is 0 Å². The molecular weight excluding hydrogens is 448 g/mol. The van der Waals surface area contributed by atoms with Crippen molar-refractivity contribution in [3.63, 3.8) is 0 Å². The van der Waals surface area contributed by atoms with Crippen LogP contribution in [0.5, 0.6) is 0 Å². The van der Waals surface area contributed by atoms with Crippen LogP contribution in [0.4, 0.5) is 11.4 Å². The van der Waals surface area contributed by atoms with Crippen LogP contribution in [0, 0.1) is 11.3 Å². The van der Waals surface area contributed by atoms with Crippen LogP contribution in [0.25, 0.3) is 10.6 Å². The van der Waals surface area contributed by atoms with Crippen molar-refractivity contribution in [2.75, 3.05) is 30.4 Å². The summed E-state index contributed by atoms with van der Waals surface area (Å²) in [4.78, 5) is 31.6. The molecule has 1 fully saturated rings. The number of hydrogen-bond acceptors (Lipinski definition) is 7. The molecular formula is C25H26N6O2S. The molecule has 1 aliphatic heterocycles. The van der Waals surface area contributed by atoms with Gasteiger partial charge in [-0.25, -0.2) is 4.98 Å². The van der Waals surface area contributed by atoms with E-state index in [1.807, 2.05) is 48.5 Å². The molecule has 2 heterocycles. The molecule has 4 rings (SSSR count). The van der Waals surface area contributed by atoms with E-state index in [0.29, 0.717) is 43.7 Å². The van der Waals surface area contributed by atoms with Crippen LogP contribution in [-0.2, 0) is 11.2 Å². The summed E-state index contributed by atoms with van der Waals surface area (Å²) in [6, 6.07) is 17.4. The molecule has 3 aromatic rings. The number of primary amides is 1. The molecule has 0 unspecified atom stereocenters. The van der Waals surface area contributed by atoms with Gasteiger partial charge in [-0.05, 0) is 37.6 Å². The highest BCUT2D eigenvalue weighted by molar-refractivity contribution is 7.13. The number of aromatic nitrogens is 1. The molecule has 0 radical (unpaired) electrons. The Kier molecular flexibility index (Phi) is 6.91. The molecule has 0 spiro atoms. The lowest BCUT2D eigenvalue weighted by Gasteiger charge is -2.41. The third-order valence-corrected chi connectivity index (χ3v) is 7.17. The van der Waals surface area contributed by atoms with Gasteiger partial charge in [0, 0.05) is 24.0 Å². The highest BCUT2D eigenvalue weighted by Gasteiger charge is 2.38. The lowest BCUT2D eigenvalue weighted by atomic mass is 9.86. The summed E-state index contributed by atoms with van der Waals surface area (Å²) in [6.07, 6.45) is 1.54. The zero-order chi connectivity index (χ0) is 24.1. The summed E-state index contributed by atoms with van der Waals surface area (Å²) in [6.45, 7) is 1.28. The van der Waals surface area contributed by atoms with Gasteiger partial charge in [0.05, 0.1) is 23.9 Å². The van der Waals surface area contributed by atoms with Gasteiger partial charge in [0.2, 0.25) is 5.91 Å². The van der Waals surface area contributed by atoms with E-state index in [4.69, 9.17) is 11.0 Å². The van der Waals surface area contributed by atoms with Crippen LogP contribution in [0.1, 0.15) is 28.9 Å².